The van der Waals surface area contributed by atoms with E-state index in [9.17, 15) is 5.26 Å². The predicted octanol–water partition coefficient (Wildman–Crippen LogP) is 4.19. The molecule has 0 fully saturated rings. The number of unbranched alkanes of at least 4 members (excludes halogenated alkanes) is 5. The van der Waals surface area contributed by atoms with Gasteiger partial charge in [-0.15, -0.1) is 0 Å². The fraction of sp³-hybridized carbons (Fsp3) is 0.320. The minimum absolute atomic E-state index is 0.0667. The van der Waals surface area contributed by atoms with Crippen molar-refractivity contribution in [3.8, 4) is 18.2 Å². The van der Waals surface area contributed by atoms with Gasteiger partial charge in [0.25, 0.3) is 0 Å². The third kappa shape index (κ3) is 6.84. The Bertz CT molecular complexity index is 981. The standard InChI is InChI=1S/C25H26N4/c1-2-3-4-5-6-7-14-29-15-12-21(13-16-29)17-24(18-26)22-8-10-23(11-9-22)25(19-27)20-28/h8-13,15-17H,2-7,14H2,1H3. The van der Waals surface area contributed by atoms with E-state index in [-0.39, 0.29) is 5.57 Å². The lowest BCUT2D eigenvalue weighted by atomic mass is 10.1. The maximum atomic E-state index is 9.54. The molecule has 0 saturated carbocycles. The topological polar surface area (TPSA) is 74.6 Å². The monoisotopic (exact) mass is 382 g/mol. The molecule has 0 N–H and O–H groups in total. The fourth-order valence-corrected chi connectivity index (χ4v) is 3.11. The van der Waals surface area contributed by atoms with Gasteiger partial charge in [-0.1, -0.05) is 63.3 Å². The van der Waals surface area contributed by atoms with Gasteiger partial charge in [0.15, 0.2) is 0 Å². The second-order valence-electron chi connectivity index (χ2n) is 6.98. The number of hydrogen-bond donors (Lipinski definition) is 0. The van der Waals surface area contributed by atoms with E-state index in [1.54, 1.807) is 24.3 Å². The highest BCUT2D eigenvalue weighted by molar-refractivity contribution is 5.74. The van der Waals surface area contributed by atoms with Crippen molar-refractivity contribution in [2.24, 2.45) is 0 Å². The average molecular weight is 383 g/mol. The minimum atomic E-state index is 0.0667. The Labute approximate surface area is 173 Å². The summed E-state index contributed by atoms with van der Waals surface area (Å²) < 4.78 is 0. The first-order valence-corrected chi connectivity index (χ1v) is 10.1. The Kier molecular flexibility index (Phi) is 9.01. The molecule has 1 aromatic carbocycles. The lowest BCUT2D eigenvalue weighted by molar-refractivity contribution is 0.464. The van der Waals surface area contributed by atoms with Crippen molar-refractivity contribution >= 4 is 11.1 Å². The summed E-state index contributed by atoms with van der Waals surface area (Å²) >= 11 is 0. The molecule has 4 nitrogen and oxygen atoms in total. The Morgan fingerprint density at radius 3 is 2.00 bits per heavy atom. The van der Waals surface area contributed by atoms with Gasteiger partial charge in [-0.05, 0) is 35.4 Å². The zero-order valence-corrected chi connectivity index (χ0v) is 16.9. The highest BCUT2D eigenvalue weighted by Gasteiger charge is 2.03. The highest BCUT2D eigenvalue weighted by atomic mass is 15.1. The minimum Gasteiger partial charge on any atom is -0.354 e. The smallest absolute Gasteiger partial charge is 0.136 e. The van der Waals surface area contributed by atoms with E-state index in [4.69, 9.17) is 10.5 Å². The molecule has 1 aliphatic heterocycles. The van der Waals surface area contributed by atoms with Crippen LogP contribution in [0.2, 0.25) is 0 Å². The molecule has 1 aliphatic rings. The Hall–Kier alpha value is -3.55. The zero-order chi connectivity index (χ0) is 20.9. The molecule has 0 atom stereocenters. The van der Waals surface area contributed by atoms with Gasteiger partial charge >= 0.3 is 0 Å². The van der Waals surface area contributed by atoms with E-state index >= 15 is 0 Å². The van der Waals surface area contributed by atoms with Crippen molar-refractivity contribution in [1.29, 1.82) is 15.8 Å². The Morgan fingerprint density at radius 1 is 0.828 bits per heavy atom. The molecular weight excluding hydrogens is 356 g/mol. The lowest BCUT2D eigenvalue weighted by Gasteiger charge is -2.18. The van der Waals surface area contributed by atoms with Crippen LogP contribution in [0.5, 0.6) is 0 Å². The van der Waals surface area contributed by atoms with E-state index < -0.39 is 0 Å². The van der Waals surface area contributed by atoms with Crippen LogP contribution in [0.4, 0.5) is 0 Å². The third-order valence-electron chi connectivity index (χ3n) is 4.83. The van der Waals surface area contributed by atoms with Crippen molar-refractivity contribution in [3.05, 3.63) is 70.9 Å². The van der Waals surface area contributed by atoms with Gasteiger partial charge in [0.05, 0.1) is 11.6 Å². The average Bonchev–Trinajstić information content (AvgIpc) is 2.77. The molecule has 4 heteroatoms. The number of allylic oxidation sites excluding steroid dienone is 4. The number of hydrogen-bond acceptors (Lipinski definition) is 4. The van der Waals surface area contributed by atoms with Crippen LogP contribution in [0.1, 0.15) is 45.4 Å². The zero-order valence-electron chi connectivity index (χ0n) is 16.9. The SMILES string of the molecule is CCCCCCCCN1C=CC(=CC(C#N)=c2ccc(=C(C#N)C#N)cc2)C=C1. The largest absolute Gasteiger partial charge is 0.354 e. The maximum Gasteiger partial charge on any atom is 0.136 e. The van der Waals surface area contributed by atoms with Gasteiger partial charge in [0.1, 0.15) is 17.7 Å². The second-order valence-corrected chi connectivity index (χ2v) is 6.98. The molecule has 0 aliphatic carbocycles. The van der Waals surface area contributed by atoms with E-state index in [0.29, 0.717) is 10.8 Å². The quantitative estimate of drug-likeness (QED) is 0.632. The number of rotatable bonds is 8. The van der Waals surface area contributed by atoms with Gasteiger partial charge in [-0.25, -0.2) is 0 Å². The molecule has 0 amide bonds. The Morgan fingerprint density at radius 2 is 1.41 bits per heavy atom. The van der Waals surface area contributed by atoms with Gasteiger partial charge in [-0.2, -0.15) is 15.8 Å². The summed E-state index contributed by atoms with van der Waals surface area (Å²) in [7, 11) is 0. The molecule has 29 heavy (non-hydrogen) atoms. The summed E-state index contributed by atoms with van der Waals surface area (Å²) in [5.74, 6) is 0. The summed E-state index contributed by atoms with van der Waals surface area (Å²) in [5.41, 5.74) is 1.57. The third-order valence-corrected chi connectivity index (χ3v) is 4.83. The number of benzene rings is 1. The summed E-state index contributed by atoms with van der Waals surface area (Å²) in [6, 6.07) is 12.9. The molecule has 0 radical (unpaired) electrons. The second kappa shape index (κ2) is 12.0. The molecular formula is C25H26N4. The molecule has 1 heterocycles. The first-order chi connectivity index (χ1) is 14.2. The van der Waals surface area contributed by atoms with Crippen LogP contribution < -0.4 is 10.4 Å². The van der Waals surface area contributed by atoms with Crippen LogP contribution in [0, 0.1) is 34.0 Å². The molecule has 0 spiro atoms. The predicted molar refractivity (Wildman–Crippen MR) is 116 cm³/mol. The van der Waals surface area contributed by atoms with Crippen molar-refractivity contribution < 1.29 is 0 Å². The first kappa shape index (κ1) is 21.7. The molecule has 0 saturated heterocycles. The van der Waals surface area contributed by atoms with Crippen LogP contribution in [-0.4, -0.2) is 11.4 Å². The maximum absolute atomic E-state index is 9.54. The molecule has 1 aromatic rings. The van der Waals surface area contributed by atoms with Crippen molar-refractivity contribution in [2.75, 3.05) is 6.54 Å². The van der Waals surface area contributed by atoms with Gasteiger partial charge in [0, 0.05) is 24.2 Å². The Balaban J connectivity index is 2.05. The van der Waals surface area contributed by atoms with Crippen molar-refractivity contribution in [1.82, 2.24) is 4.90 Å². The van der Waals surface area contributed by atoms with Crippen LogP contribution in [0.3, 0.4) is 0 Å². The summed E-state index contributed by atoms with van der Waals surface area (Å²) in [6.45, 7) is 3.25. The molecule has 146 valence electrons. The number of nitriles is 3. The van der Waals surface area contributed by atoms with Crippen molar-refractivity contribution in [2.45, 2.75) is 45.4 Å². The molecule has 2 rings (SSSR count). The summed E-state index contributed by atoms with van der Waals surface area (Å²) in [4.78, 5) is 2.18. The summed E-state index contributed by atoms with van der Waals surface area (Å²) in [5, 5.41) is 28.8. The van der Waals surface area contributed by atoms with Gasteiger partial charge in [-0.3, -0.25) is 0 Å². The molecule has 0 bridgehead atoms. The van der Waals surface area contributed by atoms with Crippen LogP contribution in [-0.2, 0) is 0 Å². The molecule has 0 aromatic heterocycles. The van der Waals surface area contributed by atoms with E-state index in [2.05, 4.69) is 30.3 Å². The highest BCUT2D eigenvalue weighted by Crippen LogP contribution is 2.13. The lowest BCUT2D eigenvalue weighted by Crippen LogP contribution is -2.13. The van der Waals surface area contributed by atoms with E-state index in [0.717, 1.165) is 17.3 Å². The van der Waals surface area contributed by atoms with Crippen LogP contribution >= 0.6 is 0 Å². The van der Waals surface area contributed by atoms with Gasteiger partial charge in [0.2, 0.25) is 0 Å². The van der Waals surface area contributed by atoms with Crippen LogP contribution in [0.25, 0.3) is 11.1 Å². The van der Waals surface area contributed by atoms with E-state index in [1.165, 1.54) is 38.5 Å². The van der Waals surface area contributed by atoms with E-state index in [1.807, 2.05) is 30.4 Å². The number of nitrogens with zero attached hydrogens (tertiary/aromatic N) is 4. The molecule has 0 unspecified atom stereocenters. The van der Waals surface area contributed by atoms with Crippen LogP contribution in [0.15, 0.2) is 60.5 Å². The van der Waals surface area contributed by atoms with Crippen molar-refractivity contribution in [3.63, 3.8) is 0 Å². The first-order valence-electron chi connectivity index (χ1n) is 10.1. The van der Waals surface area contributed by atoms with Gasteiger partial charge < -0.3 is 4.90 Å². The normalized spacial score (nSPS) is 12.1. The fourth-order valence-electron chi connectivity index (χ4n) is 3.11. The summed E-state index contributed by atoms with van der Waals surface area (Å²) in [6.07, 6.45) is 17.7.